The van der Waals surface area contributed by atoms with Crippen LogP contribution in [-0.4, -0.2) is 17.1 Å². The van der Waals surface area contributed by atoms with E-state index in [1.54, 1.807) is 7.11 Å². The highest BCUT2D eigenvalue weighted by Gasteiger charge is 2.06. The van der Waals surface area contributed by atoms with Crippen LogP contribution in [0.3, 0.4) is 0 Å². The topological polar surface area (TPSA) is 85.1 Å². The van der Waals surface area contributed by atoms with Crippen molar-refractivity contribution in [3.63, 3.8) is 0 Å². The third kappa shape index (κ3) is 2.49. The van der Waals surface area contributed by atoms with Gasteiger partial charge < -0.3 is 15.5 Å². The van der Waals surface area contributed by atoms with Crippen molar-refractivity contribution < 1.29 is 4.74 Å². The fraction of sp³-hybridized carbons (Fsp3) is 0.167. The SMILES string of the molecule is COc1cccc(Nc2ncnc(NN)c2C)c1. The molecule has 1 heterocycles. The van der Waals surface area contributed by atoms with Crippen molar-refractivity contribution in [2.24, 2.45) is 5.84 Å². The fourth-order valence-corrected chi connectivity index (χ4v) is 1.56. The third-order valence-corrected chi connectivity index (χ3v) is 2.55. The molecule has 6 heteroatoms. The lowest BCUT2D eigenvalue weighted by atomic mass is 10.2. The van der Waals surface area contributed by atoms with E-state index in [0.29, 0.717) is 11.6 Å². The van der Waals surface area contributed by atoms with E-state index in [-0.39, 0.29) is 0 Å². The normalized spacial score (nSPS) is 9.94. The summed E-state index contributed by atoms with van der Waals surface area (Å²) in [6, 6.07) is 7.60. The van der Waals surface area contributed by atoms with Crippen LogP contribution >= 0.6 is 0 Å². The number of nitrogen functional groups attached to an aromatic ring is 1. The number of rotatable bonds is 4. The van der Waals surface area contributed by atoms with Gasteiger partial charge in [-0.2, -0.15) is 0 Å². The zero-order valence-corrected chi connectivity index (χ0v) is 10.3. The van der Waals surface area contributed by atoms with Crippen molar-refractivity contribution in [3.05, 3.63) is 36.2 Å². The molecule has 0 amide bonds. The Labute approximate surface area is 105 Å². The van der Waals surface area contributed by atoms with Crippen LogP contribution in [0.15, 0.2) is 30.6 Å². The van der Waals surface area contributed by atoms with Crippen LogP contribution in [-0.2, 0) is 0 Å². The first-order valence-corrected chi connectivity index (χ1v) is 5.44. The van der Waals surface area contributed by atoms with E-state index in [1.807, 2.05) is 31.2 Å². The third-order valence-electron chi connectivity index (χ3n) is 2.55. The molecule has 1 aromatic carbocycles. The Morgan fingerprint density at radius 2 is 2.00 bits per heavy atom. The first kappa shape index (κ1) is 12.1. The average Bonchev–Trinajstić information content (AvgIpc) is 2.41. The molecule has 1 aromatic heterocycles. The summed E-state index contributed by atoms with van der Waals surface area (Å²) in [5, 5.41) is 3.19. The predicted octanol–water partition coefficient (Wildman–Crippen LogP) is 1.82. The lowest BCUT2D eigenvalue weighted by Crippen LogP contribution is -2.11. The van der Waals surface area contributed by atoms with Crippen molar-refractivity contribution in [3.8, 4) is 5.75 Å². The van der Waals surface area contributed by atoms with Gasteiger partial charge in [0.05, 0.1) is 7.11 Å². The van der Waals surface area contributed by atoms with Gasteiger partial charge in [-0.05, 0) is 19.1 Å². The maximum atomic E-state index is 5.37. The van der Waals surface area contributed by atoms with Gasteiger partial charge in [0, 0.05) is 17.3 Å². The van der Waals surface area contributed by atoms with Crippen LogP contribution in [0, 0.1) is 6.92 Å². The number of hydrogen-bond donors (Lipinski definition) is 3. The number of hydrazine groups is 1. The van der Waals surface area contributed by atoms with E-state index in [9.17, 15) is 0 Å². The summed E-state index contributed by atoms with van der Waals surface area (Å²) in [7, 11) is 1.63. The minimum Gasteiger partial charge on any atom is -0.497 e. The number of hydrogen-bond acceptors (Lipinski definition) is 6. The Bertz CT molecular complexity index is 544. The summed E-state index contributed by atoms with van der Waals surface area (Å²) in [6.45, 7) is 1.89. The Balaban J connectivity index is 2.28. The summed E-state index contributed by atoms with van der Waals surface area (Å²) in [4.78, 5) is 8.20. The lowest BCUT2D eigenvalue weighted by molar-refractivity contribution is 0.415. The van der Waals surface area contributed by atoms with Crippen LogP contribution in [0.1, 0.15) is 5.56 Å². The van der Waals surface area contributed by atoms with Crippen molar-refractivity contribution in [2.45, 2.75) is 6.92 Å². The zero-order chi connectivity index (χ0) is 13.0. The molecule has 0 saturated carbocycles. The highest BCUT2D eigenvalue weighted by atomic mass is 16.5. The second kappa shape index (κ2) is 5.33. The predicted molar refractivity (Wildman–Crippen MR) is 70.9 cm³/mol. The van der Waals surface area contributed by atoms with Gasteiger partial charge in [0.2, 0.25) is 0 Å². The number of methoxy groups -OCH3 is 1. The Kier molecular flexibility index (Phi) is 3.59. The van der Waals surface area contributed by atoms with Gasteiger partial charge in [0.1, 0.15) is 23.7 Å². The quantitative estimate of drug-likeness (QED) is 0.563. The van der Waals surface area contributed by atoms with Crippen LogP contribution in [0.5, 0.6) is 5.75 Å². The van der Waals surface area contributed by atoms with E-state index in [2.05, 4.69) is 20.7 Å². The molecule has 0 aliphatic carbocycles. The highest BCUT2D eigenvalue weighted by Crippen LogP contribution is 2.24. The second-order valence-electron chi connectivity index (χ2n) is 3.70. The van der Waals surface area contributed by atoms with Crippen LogP contribution in [0.25, 0.3) is 0 Å². The van der Waals surface area contributed by atoms with Gasteiger partial charge in [-0.1, -0.05) is 6.07 Å². The minimum absolute atomic E-state index is 0.593. The molecule has 0 aliphatic rings. The van der Waals surface area contributed by atoms with E-state index in [0.717, 1.165) is 17.0 Å². The summed E-state index contributed by atoms with van der Waals surface area (Å²) in [6.07, 6.45) is 1.45. The number of nitrogens with two attached hydrogens (primary N) is 1. The molecule has 0 radical (unpaired) electrons. The smallest absolute Gasteiger partial charge is 0.148 e. The largest absolute Gasteiger partial charge is 0.497 e. The van der Waals surface area contributed by atoms with Gasteiger partial charge in [0.25, 0.3) is 0 Å². The van der Waals surface area contributed by atoms with Crippen LogP contribution in [0.4, 0.5) is 17.3 Å². The second-order valence-corrected chi connectivity index (χ2v) is 3.70. The molecule has 94 valence electrons. The summed E-state index contributed by atoms with van der Waals surface area (Å²) < 4.78 is 5.16. The molecule has 0 fully saturated rings. The molecular weight excluding hydrogens is 230 g/mol. The standard InChI is InChI=1S/C12H15N5O/c1-8-11(14-7-15-12(8)17-13)16-9-4-3-5-10(6-9)18-2/h3-7H,13H2,1-2H3,(H2,14,15,16,17). The molecule has 0 aliphatic heterocycles. The molecule has 18 heavy (non-hydrogen) atoms. The number of benzene rings is 1. The molecule has 0 bridgehead atoms. The Morgan fingerprint density at radius 3 is 2.72 bits per heavy atom. The van der Waals surface area contributed by atoms with Gasteiger partial charge in [-0.3, -0.25) is 0 Å². The number of aromatic nitrogens is 2. The Hall–Kier alpha value is -2.34. The summed E-state index contributed by atoms with van der Waals surface area (Å²) in [5.74, 6) is 7.45. The van der Waals surface area contributed by atoms with E-state index in [1.165, 1.54) is 6.33 Å². The summed E-state index contributed by atoms with van der Waals surface area (Å²) in [5.41, 5.74) is 4.27. The fourth-order valence-electron chi connectivity index (χ4n) is 1.56. The maximum Gasteiger partial charge on any atom is 0.148 e. The van der Waals surface area contributed by atoms with Crippen molar-refractivity contribution in [1.29, 1.82) is 0 Å². The van der Waals surface area contributed by atoms with E-state index >= 15 is 0 Å². The highest BCUT2D eigenvalue weighted by molar-refractivity contribution is 5.64. The number of ether oxygens (including phenoxy) is 1. The minimum atomic E-state index is 0.593. The monoisotopic (exact) mass is 245 g/mol. The van der Waals surface area contributed by atoms with Crippen LogP contribution < -0.4 is 21.3 Å². The molecule has 6 nitrogen and oxygen atoms in total. The maximum absolute atomic E-state index is 5.37. The number of nitrogens with zero attached hydrogens (tertiary/aromatic N) is 2. The molecule has 4 N–H and O–H groups in total. The van der Waals surface area contributed by atoms with Crippen LogP contribution in [0.2, 0.25) is 0 Å². The molecule has 2 rings (SSSR count). The van der Waals surface area contributed by atoms with Crippen molar-refractivity contribution in [2.75, 3.05) is 17.9 Å². The zero-order valence-electron chi connectivity index (χ0n) is 10.3. The number of nitrogens with one attached hydrogen (secondary N) is 2. The molecular formula is C12H15N5O. The average molecular weight is 245 g/mol. The summed E-state index contributed by atoms with van der Waals surface area (Å²) >= 11 is 0. The van der Waals surface area contributed by atoms with Crippen molar-refractivity contribution in [1.82, 2.24) is 9.97 Å². The van der Waals surface area contributed by atoms with E-state index < -0.39 is 0 Å². The number of anilines is 3. The van der Waals surface area contributed by atoms with E-state index in [4.69, 9.17) is 10.6 Å². The molecule has 0 atom stereocenters. The first-order chi connectivity index (χ1) is 8.74. The first-order valence-electron chi connectivity index (χ1n) is 5.44. The van der Waals surface area contributed by atoms with Gasteiger partial charge in [0.15, 0.2) is 0 Å². The molecule has 0 spiro atoms. The van der Waals surface area contributed by atoms with Gasteiger partial charge in [-0.15, -0.1) is 0 Å². The Morgan fingerprint density at radius 1 is 1.22 bits per heavy atom. The molecule has 0 unspecified atom stereocenters. The lowest BCUT2D eigenvalue weighted by Gasteiger charge is -2.11. The van der Waals surface area contributed by atoms with Crippen molar-refractivity contribution >= 4 is 17.3 Å². The van der Waals surface area contributed by atoms with Gasteiger partial charge in [-0.25, -0.2) is 15.8 Å². The molecule has 0 saturated heterocycles. The molecule has 2 aromatic rings. The van der Waals surface area contributed by atoms with Gasteiger partial charge >= 0.3 is 0 Å².